The van der Waals surface area contributed by atoms with Crippen molar-refractivity contribution in [2.75, 3.05) is 6.54 Å². The van der Waals surface area contributed by atoms with Crippen molar-refractivity contribution in [1.82, 2.24) is 14.5 Å². The minimum atomic E-state index is -3.48. The summed E-state index contributed by atoms with van der Waals surface area (Å²) in [6.07, 6.45) is 1.58. The van der Waals surface area contributed by atoms with E-state index in [0.29, 0.717) is 6.54 Å². The van der Waals surface area contributed by atoms with Crippen LogP contribution in [0.15, 0.2) is 52.6 Å². The molecular weight excluding hydrogens is 366 g/mol. The molecule has 0 aliphatic heterocycles. The Bertz CT molecular complexity index is 989. The van der Waals surface area contributed by atoms with Crippen LogP contribution in [0.1, 0.15) is 17.0 Å². The second kappa shape index (κ2) is 7.99. The molecule has 3 rings (SSSR count). The lowest BCUT2D eigenvalue weighted by atomic mass is 10.1. The number of hydrogen-bond donors (Lipinski definition) is 1. The van der Waals surface area contributed by atoms with Gasteiger partial charge in [-0.1, -0.05) is 30.3 Å². The maximum absolute atomic E-state index is 12.1. The normalized spacial score (nSPS) is 12.1. The number of aromatic nitrogens is 2. The highest BCUT2D eigenvalue weighted by atomic mass is 32.2. The molecule has 26 heavy (non-hydrogen) atoms. The molecule has 0 spiro atoms. The van der Waals surface area contributed by atoms with Crippen molar-refractivity contribution in [3.8, 4) is 11.1 Å². The Morgan fingerprint density at radius 1 is 1.19 bits per heavy atom. The van der Waals surface area contributed by atoms with Crippen LogP contribution in [0.2, 0.25) is 0 Å². The zero-order chi connectivity index (χ0) is 18.6. The first-order valence-electron chi connectivity index (χ1n) is 8.25. The zero-order valence-electron chi connectivity index (χ0n) is 14.7. The van der Waals surface area contributed by atoms with Crippen LogP contribution in [0.3, 0.4) is 0 Å². The van der Waals surface area contributed by atoms with Crippen LogP contribution in [0.4, 0.5) is 0 Å². The number of thiophene rings is 1. The summed E-state index contributed by atoms with van der Waals surface area (Å²) in [4.78, 5) is 0. The molecule has 0 amide bonds. The average Bonchev–Trinajstić information content (AvgIpc) is 3.22. The Labute approximate surface area is 158 Å². The Morgan fingerprint density at radius 2 is 1.96 bits per heavy atom. The van der Waals surface area contributed by atoms with E-state index in [4.69, 9.17) is 0 Å². The summed E-state index contributed by atoms with van der Waals surface area (Å²) in [5.41, 5.74) is 5.12. The molecule has 0 unspecified atom stereocenters. The van der Waals surface area contributed by atoms with E-state index in [9.17, 15) is 8.42 Å². The summed E-state index contributed by atoms with van der Waals surface area (Å²) in [5, 5.41) is 9.88. The number of rotatable bonds is 7. The molecule has 5 nitrogen and oxygen atoms in total. The van der Waals surface area contributed by atoms with E-state index < -0.39 is 10.0 Å². The number of nitrogens with one attached hydrogen (secondary N) is 1. The zero-order valence-corrected chi connectivity index (χ0v) is 16.3. The first-order chi connectivity index (χ1) is 12.5. The van der Waals surface area contributed by atoms with Gasteiger partial charge in [0.1, 0.15) is 0 Å². The van der Waals surface area contributed by atoms with E-state index in [1.807, 2.05) is 54.2 Å². The molecular formula is C19H21N3O2S2. The molecule has 0 bridgehead atoms. The van der Waals surface area contributed by atoms with Gasteiger partial charge in [0.15, 0.2) is 0 Å². The van der Waals surface area contributed by atoms with Gasteiger partial charge in [-0.25, -0.2) is 13.1 Å². The number of benzene rings is 1. The maximum Gasteiger partial charge on any atom is 0.233 e. The van der Waals surface area contributed by atoms with Crippen LogP contribution in [-0.2, 0) is 16.6 Å². The standard InChI is InChI=1S/C19H21N3O2S2/c1-15-19(18-8-12-25-14-18)16(2)22(21-15)11-10-20-26(23,24)13-9-17-6-4-3-5-7-17/h3-9,12-14,20H,10-11H2,1-2H3. The van der Waals surface area contributed by atoms with Gasteiger partial charge < -0.3 is 0 Å². The average molecular weight is 388 g/mol. The van der Waals surface area contributed by atoms with Gasteiger partial charge in [0.25, 0.3) is 0 Å². The third-order valence-electron chi connectivity index (χ3n) is 4.06. The molecule has 2 aromatic heterocycles. The number of sulfonamides is 1. The molecule has 7 heteroatoms. The van der Waals surface area contributed by atoms with Gasteiger partial charge in [0.05, 0.1) is 12.2 Å². The van der Waals surface area contributed by atoms with Crippen molar-refractivity contribution in [2.45, 2.75) is 20.4 Å². The molecule has 136 valence electrons. The molecule has 2 heterocycles. The van der Waals surface area contributed by atoms with Crippen LogP contribution >= 0.6 is 11.3 Å². The molecule has 0 saturated carbocycles. The van der Waals surface area contributed by atoms with Crippen molar-refractivity contribution < 1.29 is 8.42 Å². The largest absolute Gasteiger partial charge is 0.268 e. The molecule has 1 N–H and O–H groups in total. The lowest BCUT2D eigenvalue weighted by Gasteiger charge is -2.06. The van der Waals surface area contributed by atoms with Crippen molar-refractivity contribution in [2.24, 2.45) is 0 Å². The first-order valence-corrected chi connectivity index (χ1v) is 10.7. The molecule has 3 aromatic rings. The van der Waals surface area contributed by atoms with Gasteiger partial charge >= 0.3 is 0 Å². The van der Waals surface area contributed by atoms with E-state index in [2.05, 4.69) is 21.3 Å². The predicted molar refractivity (Wildman–Crippen MR) is 107 cm³/mol. The molecule has 0 aliphatic rings. The number of hydrogen-bond acceptors (Lipinski definition) is 4. The van der Waals surface area contributed by atoms with Crippen molar-refractivity contribution in [3.63, 3.8) is 0 Å². The lowest BCUT2D eigenvalue weighted by molar-refractivity contribution is 0.560. The van der Waals surface area contributed by atoms with Crippen molar-refractivity contribution >= 4 is 27.4 Å². The minimum absolute atomic E-state index is 0.284. The Morgan fingerprint density at radius 3 is 2.65 bits per heavy atom. The number of aryl methyl sites for hydroxylation is 1. The summed E-state index contributed by atoms with van der Waals surface area (Å²) in [6, 6.07) is 11.4. The third-order valence-corrected chi connectivity index (χ3v) is 5.84. The second-order valence-corrected chi connectivity index (χ2v) is 8.36. The second-order valence-electron chi connectivity index (χ2n) is 5.93. The van der Waals surface area contributed by atoms with Crippen LogP contribution in [0.5, 0.6) is 0 Å². The Balaban J connectivity index is 1.63. The Hall–Kier alpha value is -2.22. The maximum atomic E-state index is 12.1. The summed E-state index contributed by atoms with van der Waals surface area (Å²) in [7, 11) is -3.48. The minimum Gasteiger partial charge on any atom is -0.268 e. The van der Waals surface area contributed by atoms with E-state index in [1.165, 1.54) is 5.41 Å². The highest BCUT2D eigenvalue weighted by molar-refractivity contribution is 7.92. The van der Waals surface area contributed by atoms with Crippen LogP contribution in [0.25, 0.3) is 17.2 Å². The van der Waals surface area contributed by atoms with E-state index in [-0.39, 0.29) is 6.54 Å². The fourth-order valence-corrected chi connectivity index (χ4v) is 4.27. The molecule has 1 aromatic carbocycles. The van der Waals surface area contributed by atoms with Gasteiger partial charge in [-0.2, -0.15) is 16.4 Å². The summed E-state index contributed by atoms with van der Waals surface area (Å²) >= 11 is 1.65. The summed E-state index contributed by atoms with van der Waals surface area (Å²) in [5.74, 6) is 0. The van der Waals surface area contributed by atoms with Gasteiger partial charge in [0, 0.05) is 23.2 Å². The molecule has 0 radical (unpaired) electrons. The predicted octanol–water partition coefficient (Wildman–Crippen LogP) is 3.82. The summed E-state index contributed by atoms with van der Waals surface area (Å²) < 4.78 is 28.7. The van der Waals surface area contributed by atoms with Gasteiger partial charge in [-0.05, 0) is 47.9 Å². The van der Waals surface area contributed by atoms with Crippen LogP contribution in [0, 0.1) is 13.8 Å². The van der Waals surface area contributed by atoms with Gasteiger partial charge in [-0.3, -0.25) is 4.68 Å². The first kappa shape index (κ1) is 18.6. The van der Waals surface area contributed by atoms with Gasteiger partial charge in [0.2, 0.25) is 10.0 Å². The van der Waals surface area contributed by atoms with Crippen LogP contribution in [-0.4, -0.2) is 24.7 Å². The SMILES string of the molecule is Cc1nn(CCNS(=O)(=O)C=Cc2ccccc2)c(C)c1-c1ccsc1. The Kier molecular flexibility index (Phi) is 5.70. The fourth-order valence-electron chi connectivity index (χ4n) is 2.81. The fraction of sp³-hybridized carbons (Fsp3) is 0.211. The van der Waals surface area contributed by atoms with Crippen molar-refractivity contribution in [1.29, 1.82) is 0 Å². The topological polar surface area (TPSA) is 64.0 Å². The van der Waals surface area contributed by atoms with E-state index in [1.54, 1.807) is 17.4 Å². The number of nitrogens with zero attached hydrogens (tertiary/aromatic N) is 2. The highest BCUT2D eigenvalue weighted by Crippen LogP contribution is 2.28. The molecule has 0 aliphatic carbocycles. The third kappa shape index (κ3) is 4.49. The monoisotopic (exact) mass is 387 g/mol. The van der Waals surface area contributed by atoms with E-state index in [0.717, 1.165) is 28.1 Å². The van der Waals surface area contributed by atoms with Gasteiger partial charge in [-0.15, -0.1) is 0 Å². The highest BCUT2D eigenvalue weighted by Gasteiger charge is 2.14. The molecule has 0 atom stereocenters. The van der Waals surface area contributed by atoms with Crippen LogP contribution < -0.4 is 4.72 Å². The lowest BCUT2D eigenvalue weighted by Crippen LogP contribution is -2.26. The molecule has 0 saturated heterocycles. The van der Waals surface area contributed by atoms with E-state index >= 15 is 0 Å². The smallest absolute Gasteiger partial charge is 0.233 e. The summed E-state index contributed by atoms with van der Waals surface area (Å²) in [6.45, 7) is 4.75. The van der Waals surface area contributed by atoms with Crippen molar-refractivity contribution in [3.05, 3.63) is 69.5 Å². The quantitative estimate of drug-likeness (QED) is 0.670. The molecule has 0 fully saturated rings.